The largest absolute Gasteiger partial charge is 0.478 e. The predicted octanol–water partition coefficient (Wildman–Crippen LogP) is 1.02. The van der Waals surface area contributed by atoms with Gasteiger partial charge in [-0.25, -0.2) is 13.2 Å². The van der Waals surface area contributed by atoms with Crippen LogP contribution >= 0.6 is 0 Å². The average Bonchev–Trinajstić information content (AvgIpc) is 2.43. The molecule has 0 saturated carbocycles. The lowest BCUT2D eigenvalue weighted by atomic mass is 10.1. The Morgan fingerprint density at radius 3 is 2.57 bits per heavy atom. The zero-order valence-electron chi connectivity index (χ0n) is 11.6. The first-order valence-electron chi connectivity index (χ1n) is 6.28. The average molecular weight is 311 g/mol. The van der Waals surface area contributed by atoms with E-state index in [1.807, 2.05) is 0 Å². The van der Waals surface area contributed by atoms with Crippen LogP contribution in [0.15, 0.2) is 35.7 Å². The highest BCUT2D eigenvalue weighted by atomic mass is 32.2. The van der Waals surface area contributed by atoms with Crippen molar-refractivity contribution in [2.45, 2.75) is 18.2 Å². The fourth-order valence-corrected chi connectivity index (χ4v) is 2.94. The number of amides is 1. The summed E-state index contributed by atoms with van der Waals surface area (Å²) in [6.07, 6.45) is 1.91. The monoisotopic (exact) mass is 311 g/mol. The van der Waals surface area contributed by atoms with Crippen molar-refractivity contribution in [3.8, 4) is 0 Å². The normalized spacial score (nSPS) is 10.9. The molecular weight excluding hydrogens is 294 g/mol. The molecule has 0 spiro atoms. The van der Waals surface area contributed by atoms with Crippen molar-refractivity contribution in [3.63, 3.8) is 0 Å². The highest BCUT2D eigenvalue weighted by molar-refractivity contribution is 7.92. The number of hydrogen-bond donors (Lipinski definition) is 2. The summed E-state index contributed by atoms with van der Waals surface area (Å²) < 4.78 is 24.2. The van der Waals surface area contributed by atoms with Crippen LogP contribution in [0.5, 0.6) is 0 Å². The Morgan fingerprint density at radius 1 is 1.38 bits per heavy atom. The molecule has 7 heteroatoms. The lowest BCUT2D eigenvalue weighted by molar-refractivity contribution is -0.118. The summed E-state index contributed by atoms with van der Waals surface area (Å²) in [5.74, 6) is -2.59. The summed E-state index contributed by atoms with van der Waals surface area (Å²) in [4.78, 5) is 22.4. The molecule has 0 unspecified atom stereocenters. The summed E-state index contributed by atoms with van der Waals surface area (Å²) >= 11 is 0. The number of aryl methyl sites for hydroxylation is 1. The molecule has 0 saturated heterocycles. The van der Waals surface area contributed by atoms with Crippen LogP contribution in [0, 0.1) is 0 Å². The van der Waals surface area contributed by atoms with Gasteiger partial charge in [0.1, 0.15) is 5.75 Å². The molecule has 1 rings (SSSR count). The number of carbonyl (C=O) groups excluding carboxylic acids is 1. The Hall–Kier alpha value is -2.15. The minimum atomic E-state index is -3.88. The van der Waals surface area contributed by atoms with Gasteiger partial charge in [0.25, 0.3) is 0 Å². The van der Waals surface area contributed by atoms with Crippen LogP contribution in [0.25, 0.3) is 0 Å². The van der Waals surface area contributed by atoms with Crippen molar-refractivity contribution in [3.05, 3.63) is 42.0 Å². The molecule has 6 nitrogen and oxygen atoms in total. The van der Waals surface area contributed by atoms with E-state index in [0.29, 0.717) is 12.0 Å². The van der Waals surface area contributed by atoms with E-state index in [4.69, 9.17) is 5.11 Å². The molecule has 0 aliphatic heterocycles. The number of carbonyl (C=O) groups is 2. The molecule has 0 atom stereocenters. The Balaban J connectivity index is 3.09. The van der Waals surface area contributed by atoms with Gasteiger partial charge in [-0.05, 0) is 24.1 Å². The molecule has 0 aliphatic carbocycles. The van der Waals surface area contributed by atoms with Gasteiger partial charge in [-0.3, -0.25) is 4.79 Å². The number of nitrogens with one attached hydrogen (secondary N) is 1. The maximum absolute atomic E-state index is 12.1. The maximum Gasteiger partial charge on any atom is 0.336 e. The fraction of sp³-hybridized carbons (Fsp3) is 0.286. The number of carboxylic acids is 1. The fourth-order valence-electron chi connectivity index (χ4n) is 1.75. The zero-order chi connectivity index (χ0) is 16.0. The van der Waals surface area contributed by atoms with Crippen molar-refractivity contribution in [2.24, 2.45) is 0 Å². The van der Waals surface area contributed by atoms with Crippen LogP contribution in [0.4, 0.5) is 0 Å². The minimum Gasteiger partial charge on any atom is -0.478 e. The van der Waals surface area contributed by atoms with Crippen molar-refractivity contribution < 1.29 is 23.1 Å². The van der Waals surface area contributed by atoms with Crippen molar-refractivity contribution >= 4 is 21.7 Å². The molecule has 0 radical (unpaired) electrons. The summed E-state index contributed by atoms with van der Waals surface area (Å²) in [6.45, 7) is 5.35. The second-order valence-electron chi connectivity index (χ2n) is 4.33. The van der Waals surface area contributed by atoms with E-state index in [9.17, 15) is 18.0 Å². The third-order valence-electron chi connectivity index (χ3n) is 2.82. The van der Waals surface area contributed by atoms with Gasteiger partial charge in [0.2, 0.25) is 5.91 Å². The molecule has 0 heterocycles. The standard InChI is InChI=1S/C14H17NO5S/c1-3-7-15-13(16)9-21(19,20)11-6-5-10(4-2)12(8-11)14(17)18/h3,5-6,8H,1,4,7,9H2,2H3,(H,15,16)(H,17,18). The van der Waals surface area contributed by atoms with Crippen molar-refractivity contribution in [1.29, 1.82) is 0 Å². The molecule has 2 N–H and O–H groups in total. The van der Waals surface area contributed by atoms with Crippen molar-refractivity contribution in [2.75, 3.05) is 12.3 Å². The van der Waals surface area contributed by atoms with E-state index in [0.717, 1.165) is 6.07 Å². The predicted molar refractivity (Wildman–Crippen MR) is 78.0 cm³/mol. The lowest BCUT2D eigenvalue weighted by Crippen LogP contribution is -2.30. The smallest absolute Gasteiger partial charge is 0.336 e. The first-order chi connectivity index (χ1) is 9.81. The van der Waals surface area contributed by atoms with E-state index in [1.165, 1.54) is 18.2 Å². The molecule has 0 fully saturated rings. The van der Waals surface area contributed by atoms with Gasteiger partial charge in [0.05, 0.1) is 10.5 Å². The molecule has 0 aromatic heterocycles. The molecule has 0 aliphatic rings. The maximum atomic E-state index is 12.1. The number of aromatic carboxylic acids is 1. The first-order valence-corrected chi connectivity index (χ1v) is 7.93. The van der Waals surface area contributed by atoms with E-state index in [1.54, 1.807) is 6.92 Å². The molecule has 1 amide bonds. The second-order valence-corrected chi connectivity index (χ2v) is 6.32. The van der Waals surface area contributed by atoms with Crippen LogP contribution in [0.1, 0.15) is 22.8 Å². The summed E-state index contributed by atoms with van der Waals surface area (Å²) in [5.41, 5.74) is 0.475. The Bertz CT molecular complexity index is 664. The number of carboxylic acid groups (broad SMARTS) is 1. The number of hydrogen-bond acceptors (Lipinski definition) is 4. The molecule has 1 aromatic rings. The van der Waals surface area contributed by atoms with Gasteiger partial charge in [0.15, 0.2) is 9.84 Å². The topological polar surface area (TPSA) is 101 Å². The second kappa shape index (κ2) is 7.03. The van der Waals surface area contributed by atoms with Crippen LogP contribution in [0.2, 0.25) is 0 Å². The minimum absolute atomic E-state index is 0.0647. The van der Waals surface area contributed by atoms with E-state index >= 15 is 0 Å². The van der Waals surface area contributed by atoms with Crippen LogP contribution in [-0.4, -0.2) is 37.7 Å². The Kier molecular flexibility index (Phi) is 5.66. The van der Waals surface area contributed by atoms with Gasteiger partial charge < -0.3 is 10.4 Å². The number of rotatable bonds is 7. The first kappa shape index (κ1) is 16.9. The van der Waals surface area contributed by atoms with E-state index in [2.05, 4.69) is 11.9 Å². The van der Waals surface area contributed by atoms with Gasteiger partial charge in [0, 0.05) is 6.54 Å². The Morgan fingerprint density at radius 2 is 2.05 bits per heavy atom. The van der Waals surface area contributed by atoms with Gasteiger partial charge >= 0.3 is 5.97 Å². The summed E-state index contributed by atoms with van der Waals surface area (Å²) in [5, 5.41) is 11.5. The summed E-state index contributed by atoms with van der Waals surface area (Å²) in [7, 11) is -3.88. The summed E-state index contributed by atoms with van der Waals surface area (Å²) in [6, 6.07) is 3.87. The molecule has 1 aromatic carbocycles. The van der Waals surface area contributed by atoms with Gasteiger partial charge in [-0.2, -0.15) is 0 Å². The quantitative estimate of drug-likeness (QED) is 0.732. The van der Waals surface area contributed by atoms with Crippen molar-refractivity contribution in [1.82, 2.24) is 5.32 Å². The van der Waals surface area contributed by atoms with Gasteiger partial charge in [-0.15, -0.1) is 6.58 Å². The third-order valence-corrected chi connectivity index (χ3v) is 4.43. The molecule has 114 valence electrons. The number of sulfone groups is 1. The molecule has 21 heavy (non-hydrogen) atoms. The van der Waals surface area contributed by atoms with E-state index in [-0.39, 0.29) is 17.0 Å². The van der Waals surface area contributed by atoms with Gasteiger partial charge in [-0.1, -0.05) is 19.1 Å². The van der Waals surface area contributed by atoms with E-state index < -0.39 is 27.5 Å². The highest BCUT2D eigenvalue weighted by Crippen LogP contribution is 2.18. The van der Waals surface area contributed by atoms with Crippen LogP contribution in [0.3, 0.4) is 0 Å². The molecular formula is C14H17NO5S. The SMILES string of the molecule is C=CCNC(=O)CS(=O)(=O)c1ccc(CC)c(C(=O)O)c1. The zero-order valence-corrected chi connectivity index (χ0v) is 12.4. The van der Waals surface area contributed by atoms with Crippen LogP contribution < -0.4 is 5.32 Å². The highest BCUT2D eigenvalue weighted by Gasteiger charge is 2.21. The third kappa shape index (κ3) is 4.42. The Labute approximate surface area is 123 Å². The molecule has 0 bridgehead atoms. The lowest BCUT2D eigenvalue weighted by Gasteiger charge is -2.08. The van der Waals surface area contributed by atoms with Crippen LogP contribution in [-0.2, 0) is 21.1 Å². The number of benzene rings is 1.